The summed E-state index contributed by atoms with van der Waals surface area (Å²) in [6, 6.07) is 15.7. The summed E-state index contributed by atoms with van der Waals surface area (Å²) in [5.74, 6) is -1.51. The largest absolute Gasteiger partial charge is 0.465 e. The van der Waals surface area contributed by atoms with Gasteiger partial charge in [-0.15, -0.1) is 0 Å². The highest BCUT2D eigenvalue weighted by molar-refractivity contribution is 6.07. The second-order valence-electron chi connectivity index (χ2n) is 6.66. The van der Waals surface area contributed by atoms with E-state index in [9.17, 15) is 14.4 Å². The normalized spacial score (nSPS) is 24.6. The Hall–Kier alpha value is -3.03. The number of hydrogen-bond acceptors (Lipinski definition) is 6. The van der Waals surface area contributed by atoms with Crippen LogP contribution in [-0.4, -0.2) is 35.9 Å². The van der Waals surface area contributed by atoms with Gasteiger partial charge in [0.15, 0.2) is 0 Å². The van der Waals surface area contributed by atoms with Gasteiger partial charge in [0.2, 0.25) is 11.8 Å². The molecule has 2 N–H and O–H groups in total. The number of amides is 2. The SMILES string of the molecule is COC(=O)c1ccc([C@H]2NN(Cc3ccccc3)[C@@H]3C(=O)NC(=O)[C@H]23)cc1. The second kappa shape index (κ2) is 6.94. The molecule has 4 rings (SSSR count). The van der Waals surface area contributed by atoms with Crippen molar-refractivity contribution in [2.45, 2.75) is 18.6 Å². The molecule has 0 unspecified atom stereocenters. The molecule has 2 aromatic rings. The van der Waals surface area contributed by atoms with Crippen LogP contribution in [0.3, 0.4) is 0 Å². The number of methoxy groups -OCH3 is 1. The minimum atomic E-state index is -0.567. The highest BCUT2D eigenvalue weighted by Crippen LogP contribution is 2.37. The lowest BCUT2D eigenvalue weighted by Gasteiger charge is -2.22. The molecule has 0 aliphatic carbocycles. The van der Waals surface area contributed by atoms with Crippen LogP contribution in [-0.2, 0) is 20.9 Å². The van der Waals surface area contributed by atoms with Crippen LogP contribution in [0.2, 0.25) is 0 Å². The lowest BCUT2D eigenvalue weighted by Crippen LogP contribution is -2.43. The van der Waals surface area contributed by atoms with Gasteiger partial charge in [0.05, 0.1) is 24.6 Å². The number of rotatable bonds is 4. The number of fused-ring (bicyclic) bond motifs is 1. The second-order valence-corrected chi connectivity index (χ2v) is 6.66. The van der Waals surface area contributed by atoms with Crippen LogP contribution in [0.15, 0.2) is 54.6 Å². The maximum atomic E-state index is 12.4. The van der Waals surface area contributed by atoms with Crippen LogP contribution in [0.5, 0.6) is 0 Å². The van der Waals surface area contributed by atoms with Crippen molar-refractivity contribution in [3.05, 3.63) is 71.3 Å². The van der Waals surface area contributed by atoms with E-state index in [1.165, 1.54) is 7.11 Å². The number of benzene rings is 2. The van der Waals surface area contributed by atoms with Gasteiger partial charge < -0.3 is 4.74 Å². The van der Waals surface area contributed by atoms with E-state index in [0.717, 1.165) is 11.1 Å². The van der Waals surface area contributed by atoms with E-state index in [1.807, 2.05) is 35.3 Å². The van der Waals surface area contributed by atoms with Crippen LogP contribution >= 0.6 is 0 Å². The third-order valence-corrected chi connectivity index (χ3v) is 5.04. The van der Waals surface area contributed by atoms with Gasteiger partial charge in [-0.3, -0.25) is 14.9 Å². The molecular weight excluding hydrogens is 346 g/mol. The topological polar surface area (TPSA) is 87.7 Å². The summed E-state index contributed by atoms with van der Waals surface area (Å²) in [6.07, 6.45) is 0. The van der Waals surface area contributed by atoms with Crippen molar-refractivity contribution in [1.82, 2.24) is 15.8 Å². The van der Waals surface area contributed by atoms with Crippen LogP contribution in [0.4, 0.5) is 0 Å². The number of carbonyl (C=O) groups is 3. The van der Waals surface area contributed by atoms with Crippen molar-refractivity contribution in [3.8, 4) is 0 Å². The third kappa shape index (κ3) is 3.11. The predicted molar refractivity (Wildman–Crippen MR) is 96.1 cm³/mol. The highest BCUT2D eigenvalue weighted by Gasteiger charge is 2.54. The Labute approximate surface area is 156 Å². The Kier molecular flexibility index (Phi) is 4.47. The summed E-state index contributed by atoms with van der Waals surface area (Å²) in [4.78, 5) is 36.4. The molecule has 2 fully saturated rings. The number of carbonyl (C=O) groups excluding carboxylic acids is 3. The van der Waals surface area contributed by atoms with Gasteiger partial charge in [0.1, 0.15) is 6.04 Å². The molecule has 0 radical (unpaired) electrons. The average molecular weight is 365 g/mol. The third-order valence-electron chi connectivity index (χ3n) is 5.04. The van der Waals surface area contributed by atoms with Crippen molar-refractivity contribution in [1.29, 1.82) is 0 Å². The van der Waals surface area contributed by atoms with Gasteiger partial charge in [-0.1, -0.05) is 42.5 Å². The van der Waals surface area contributed by atoms with Crippen LogP contribution in [0.25, 0.3) is 0 Å². The van der Waals surface area contributed by atoms with Gasteiger partial charge >= 0.3 is 5.97 Å². The number of imide groups is 1. The van der Waals surface area contributed by atoms with Gasteiger partial charge in [-0.25, -0.2) is 15.2 Å². The fourth-order valence-corrected chi connectivity index (χ4v) is 3.74. The van der Waals surface area contributed by atoms with Crippen LogP contribution in [0.1, 0.15) is 27.5 Å². The Morgan fingerprint density at radius 1 is 1.04 bits per heavy atom. The van der Waals surface area contributed by atoms with E-state index in [1.54, 1.807) is 24.3 Å². The van der Waals surface area contributed by atoms with Gasteiger partial charge in [-0.05, 0) is 23.3 Å². The molecule has 2 heterocycles. The first-order chi connectivity index (χ1) is 13.1. The fourth-order valence-electron chi connectivity index (χ4n) is 3.74. The zero-order valence-electron chi connectivity index (χ0n) is 14.7. The van der Waals surface area contributed by atoms with E-state index in [2.05, 4.69) is 10.7 Å². The van der Waals surface area contributed by atoms with Crippen molar-refractivity contribution in [2.24, 2.45) is 5.92 Å². The highest BCUT2D eigenvalue weighted by atomic mass is 16.5. The maximum Gasteiger partial charge on any atom is 0.337 e. The molecule has 0 spiro atoms. The molecule has 27 heavy (non-hydrogen) atoms. The number of hydrazine groups is 1. The molecule has 7 nitrogen and oxygen atoms in total. The zero-order valence-corrected chi connectivity index (χ0v) is 14.7. The summed E-state index contributed by atoms with van der Waals surface area (Å²) in [7, 11) is 1.33. The molecule has 0 saturated carbocycles. The number of hydrogen-bond donors (Lipinski definition) is 2. The quantitative estimate of drug-likeness (QED) is 0.625. The molecule has 2 amide bonds. The molecule has 7 heteroatoms. The first kappa shape index (κ1) is 17.4. The molecular formula is C20H19N3O4. The Balaban J connectivity index is 1.62. The average Bonchev–Trinajstić information content (AvgIpc) is 3.21. The van der Waals surface area contributed by atoms with Gasteiger partial charge in [-0.2, -0.15) is 0 Å². The van der Waals surface area contributed by atoms with Gasteiger partial charge in [0.25, 0.3) is 0 Å². The molecule has 3 atom stereocenters. The Morgan fingerprint density at radius 3 is 2.41 bits per heavy atom. The first-order valence-electron chi connectivity index (χ1n) is 8.68. The molecule has 2 aromatic carbocycles. The first-order valence-corrected chi connectivity index (χ1v) is 8.68. The van der Waals surface area contributed by atoms with Crippen LogP contribution in [0, 0.1) is 5.92 Å². The van der Waals surface area contributed by atoms with Gasteiger partial charge in [0, 0.05) is 6.54 Å². The van der Waals surface area contributed by atoms with E-state index in [-0.39, 0.29) is 17.9 Å². The van der Waals surface area contributed by atoms with Crippen molar-refractivity contribution in [2.75, 3.05) is 7.11 Å². The Morgan fingerprint density at radius 2 is 1.74 bits per heavy atom. The summed E-state index contributed by atoms with van der Waals surface area (Å²) in [5.41, 5.74) is 5.62. The minimum Gasteiger partial charge on any atom is -0.465 e. The summed E-state index contributed by atoms with van der Waals surface area (Å²) < 4.78 is 4.71. The molecule has 138 valence electrons. The summed E-state index contributed by atoms with van der Waals surface area (Å²) in [5, 5.41) is 4.26. The Bertz CT molecular complexity index is 882. The lowest BCUT2D eigenvalue weighted by molar-refractivity contribution is -0.127. The molecule has 0 bridgehead atoms. The smallest absolute Gasteiger partial charge is 0.337 e. The molecule has 2 aliphatic rings. The monoisotopic (exact) mass is 365 g/mol. The number of nitrogens with one attached hydrogen (secondary N) is 2. The summed E-state index contributed by atoms with van der Waals surface area (Å²) >= 11 is 0. The number of esters is 1. The standard InChI is InChI=1S/C20H19N3O4/c1-27-20(26)14-9-7-13(8-10-14)16-15-17(19(25)21-18(15)24)23(22-16)11-12-5-3-2-4-6-12/h2-10,15-17,22H,11H2,1H3,(H,21,24,25)/t15-,16-,17+/m1/s1. The zero-order chi connectivity index (χ0) is 19.0. The van der Waals surface area contributed by atoms with Crippen molar-refractivity contribution < 1.29 is 19.1 Å². The van der Waals surface area contributed by atoms with E-state index in [0.29, 0.717) is 12.1 Å². The fraction of sp³-hybridized carbons (Fsp3) is 0.250. The number of nitrogens with zero attached hydrogens (tertiary/aromatic N) is 1. The molecule has 2 saturated heterocycles. The van der Waals surface area contributed by atoms with E-state index >= 15 is 0 Å². The van der Waals surface area contributed by atoms with Crippen molar-refractivity contribution in [3.63, 3.8) is 0 Å². The maximum absolute atomic E-state index is 12.4. The van der Waals surface area contributed by atoms with E-state index in [4.69, 9.17) is 4.74 Å². The predicted octanol–water partition coefficient (Wildman–Crippen LogP) is 1.18. The van der Waals surface area contributed by atoms with Crippen LogP contribution < -0.4 is 10.7 Å². The minimum absolute atomic E-state index is 0.282. The summed E-state index contributed by atoms with van der Waals surface area (Å²) in [6.45, 7) is 0.499. The molecule has 2 aliphatic heterocycles. The van der Waals surface area contributed by atoms with E-state index < -0.39 is 17.9 Å². The number of ether oxygens (including phenoxy) is 1. The lowest BCUT2D eigenvalue weighted by atomic mass is 9.90. The molecule has 0 aromatic heterocycles. The van der Waals surface area contributed by atoms with Crippen molar-refractivity contribution >= 4 is 17.8 Å².